The Morgan fingerprint density at radius 2 is 0.889 bits per heavy atom. The molecule has 0 spiro atoms. The van der Waals surface area contributed by atoms with E-state index in [1.807, 2.05) is 0 Å². The molecule has 3 aromatic carbocycles. The molecular formula is C30H36B2O4. The lowest BCUT2D eigenvalue weighted by atomic mass is 9.77. The highest BCUT2D eigenvalue weighted by atomic mass is 16.6. The van der Waals surface area contributed by atoms with E-state index < -0.39 is 0 Å². The van der Waals surface area contributed by atoms with Gasteiger partial charge >= 0.3 is 14.2 Å². The zero-order valence-electron chi connectivity index (χ0n) is 22.0. The van der Waals surface area contributed by atoms with E-state index in [2.05, 4.69) is 88.4 Å². The Bertz CT molecular complexity index is 1050. The highest BCUT2D eigenvalue weighted by molar-refractivity contribution is 6.62. The molecule has 2 heterocycles. The van der Waals surface area contributed by atoms with Crippen LogP contribution in [0.4, 0.5) is 0 Å². The highest BCUT2D eigenvalue weighted by Crippen LogP contribution is 2.35. The summed E-state index contributed by atoms with van der Waals surface area (Å²) in [5, 5.41) is 0. The number of hydrogen-bond donors (Lipinski definition) is 0. The van der Waals surface area contributed by atoms with Crippen molar-refractivity contribution in [2.75, 3.05) is 26.4 Å². The van der Waals surface area contributed by atoms with E-state index in [0.717, 1.165) is 23.8 Å². The molecule has 2 aliphatic heterocycles. The van der Waals surface area contributed by atoms with Gasteiger partial charge in [-0.25, -0.2) is 0 Å². The monoisotopic (exact) mass is 482 g/mol. The number of benzene rings is 3. The third-order valence-electron chi connectivity index (χ3n) is 6.82. The van der Waals surface area contributed by atoms with Gasteiger partial charge in [-0.3, -0.25) is 0 Å². The first-order valence-corrected chi connectivity index (χ1v) is 13.3. The molecule has 2 fully saturated rings. The van der Waals surface area contributed by atoms with Crippen LogP contribution in [-0.2, 0) is 31.5 Å². The van der Waals surface area contributed by atoms with E-state index in [0.29, 0.717) is 38.3 Å². The smallest absolute Gasteiger partial charge is 0.405 e. The summed E-state index contributed by atoms with van der Waals surface area (Å²) < 4.78 is 22.8. The molecule has 3 aromatic rings. The minimum atomic E-state index is -0.240. The van der Waals surface area contributed by atoms with Gasteiger partial charge in [0.05, 0.1) is 26.4 Å². The van der Waals surface area contributed by atoms with Crippen LogP contribution in [0.3, 0.4) is 0 Å². The molecule has 0 bridgehead atoms. The summed E-state index contributed by atoms with van der Waals surface area (Å²) in [5.41, 5.74) is 10.1. The number of hydrogen-bond acceptors (Lipinski definition) is 4. The predicted octanol–water partition coefficient (Wildman–Crippen LogP) is 4.90. The van der Waals surface area contributed by atoms with Crippen molar-refractivity contribution in [1.29, 1.82) is 0 Å². The molecule has 186 valence electrons. The summed E-state index contributed by atoms with van der Waals surface area (Å²) in [6, 6.07) is 22.3. The Morgan fingerprint density at radius 3 is 1.19 bits per heavy atom. The van der Waals surface area contributed by atoms with Gasteiger partial charge in [0.1, 0.15) is 0 Å². The molecule has 0 atom stereocenters. The topological polar surface area (TPSA) is 36.9 Å². The lowest BCUT2D eigenvalue weighted by Crippen LogP contribution is -2.31. The average molecular weight is 482 g/mol. The summed E-state index contributed by atoms with van der Waals surface area (Å²) in [5.74, 6) is 1.12. The summed E-state index contributed by atoms with van der Waals surface area (Å²) in [4.78, 5) is 0. The van der Waals surface area contributed by atoms with Crippen LogP contribution in [0.25, 0.3) is 22.3 Å². The van der Waals surface area contributed by atoms with Crippen molar-refractivity contribution in [2.45, 2.75) is 40.5 Å². The Hall–Kier alpha value is -2.37. The second-order valence-electron chi connectivity index (χ2n) is 10.8. The summed E-state index contributed by atoms with van der Waals surface area (Å²) in [6.45, 7) is 11.8. The van der Waals surface area contributed by atoms with Crippen LogP contribution < -0.4 is 10.9 Å². The summed E-state index contributed by atoms with van der Waals surface area (Å²) >= 11 is 0. The molecule has 36 heavy (non-hydrogen) atoms. The molecular weight excluding hydrogens is 446 g/mol. The van der Waals surface area contributed by atoms with Gasteiger partial charge in [0.2, 0.25) is 0 Å². The lowest BCUT2D eigenvalue weighted by molar-refractivity contribution is 0.365. The van der Waals surface area contributed by atoms with Gasteiger partial charge in [0.25, 0.3) is 0 Å². The maximum atomic E-state index is 5.69. The molecule has 4 nitrogen and oxygen atoms in total. The molecule has 6 heteroatoms. The standard InChI is InChI=1S/C30H36B2O4/c1-21(2)17-25-19-30(24-7-11-28(12-8-24)32-35-15-16-36-32)26(18-22(3)4)20-29(25)23-5-9-27(10-6-23)31-33-13-14-34-31/h5-12,19-22H,13-18H2,1-4H3. The molecule has 0 unspecified atom stereocenters. The van der Waals surface area contributed by atoms with Gasteiger partial charge in [0, 0.05) is 0 Å². The Balaban J connectivity index is 1.54. The third-order valence-corrected chi connectivity index (χ3v) is 6.82. The second-order valence-corrected chi connectivity index (χ2v) is 10.8. The average Bonchev–Trinajstić information content (AvgIpc) is 3.59. The van der Waals surface area contributed by atoms with E-state index in [1.54, 1.807) is 0 Å². The number of rotatable bonds is 8. The highest BCUT2D eigenvalue weighted by Gasteiger charge is 2.27. The summed E-state index contributed by atoms with van der Waals surface area (Å²) in [7, 11) is -0.480. The molecule has 5 rings (SSSR count). The van der Waals surface area contributed by atoms with Gasteiger partial charge in [0.15, 0.2) is 0 Å². The van der Waals surface area contributed by atoms with Crippen molar-refractivity contribution in [3.63, 3.8) is 0 Å². The maximum absolute atomic E-state index is 5.69. The Morgan fingerprint density at radius 1 is 0.556 bits per heavy atom. The van der Waals surface area contributed by atoms with E-state index in [-0.39, 0.29) is 14.2 Å². The van der Waals surface area contributed by atoms with Crippen LogP contribution in [0, 0.1) is 11.8 Å². The third kappa shape index (κ3) is 5.78. The summed E-state index contributed by atoms with van der Waals surface area (Å²) in [6.07, 6.45) is 2.06. The fourth-order valence-corrected chi connectivity index (χ4v) is 5.19. The fourth-order valence-electron chi connectivity index (χ4n) is 5.19. The first-order valence-electron chi connectivity index (χ1n) is 13.3. The van der Waals surface area contributed by atoms with Gasteiger partial charge < -0.3 is 18.6 Å². The minimum Gasteiger partial charge on any atom is -0.405 e. The Kier molecular flexibility index (Phi) is 7.97. The van der Waals surface area contributed by atoms with Crippen LogP contribution in [0.2, 0.25) is 0 Å². The second kappa shape index (κ2) is 11.4. The van der Waals surface area contributed by atoms with Crippen molar-refractivity contribution in [3.05, 3.63) is 71.8 Å². The molecule has 0 saturated carbocycles. The van der Waals surface area contributed by atoms with Crippen molar-refractivity contribution in [3.8, 4) is 22.3 Å². The van der Waals surface area contributed by atoms with Gasteiger partial charge in [-0.2, -0.15) is 0 Å². The first-order chi connectivity index (χ1) is 17.5. The normalized spacial score (nSPS) is 16.1. The first kappa shape index (κ1) is 25.3. The van der Waals surface area contributed by atoms with Crippen molar-refractivity contribution in [1.82, 2.24) is 0 Å². The quantitative estimate of drug-likeness (QED) is 0.428. The van der Waals surface area contributed by atoms with Gasteiger partial charge in [-0.1, -0.05) is 88.4 Å². The minimum absolute atomic E-state index is 0.240. The van der Waals surface area contributed by atoms with Crippen LogP contribution in [0.15, 0.2) is 60.7 Å². The fraction of sp³-hybridized carbons (Fsp3) is 0.400. The molecule has 2 saturated heterocycles. The molecule has 0 radical (unpaired) electrons. The molecule has 0 aliphatic carbocycles. The van der Waals surface area contributed by atoms with Crippen molar-refractivity contribution >= 4 is 25.2 Å². The van der Waals surface area contributed by atoms with Crippen molar-refractivity contribution in [2.24, 2.45) is 11.8 Å². The van der Waals surface area contributed by atoms with E-state index in [4.69, 9.17) is 18.6 Å². The van der Waals surface area contributed by atoms with Gasteiger partial charge in [-0.05, 0) is 69.0 Å². The lowest BCUT2D eigenvalue weighted by Gasteiger charge is -2.20. The largest absolute Gasteiger partial charge is 0.494 e. The van der Waals surface area contributed by atoms with Gasteiger partial charge in [-0.15, -0.1) is 0 Å². The molecule has 0 N–H and O–H groups in total. The van der Waals surface area contributed by atoms with E-state index in [9.17, 15) is 0 Å². The zero-order chi connectivity index (χ0) is 25.1. The van der Waals surface area contributed by atoms with E-state index >= 15 is 0 Å². The van der Waals surface area contributed by atoms with Crippen LogP contribution >= 0.6 is 0 Å². The van der Waals surface area contributed by atoms with Crippen LogP contribution in [0.1, 0.15) is 38.8 Å². The van der Waals surface area contributed by atoms with Crippen LogP contribution in [-0.4, -0.2) is 40.7 Å². The predicted molar refractivity (Wildman–Crippen MR) is 149 cm³/mol. The SMILES string of the molecule is CC(C)Cc1cc(-c2ccc(B3OCCO3)cc2)c(CC(C)C)cc1-c1ccc(B2OCCO2)cc1. The zero-order valence-corrected chi connectivity index (χ0v) is 22.0. The Labute approximate surface area is 216 Å². The molecule has 2 aliphatic rings. The molecule has 0 amide bonds. The van der Waals surface area contributed by atoms with Crippen LogP contribution in [0.5, 0.6) is 0 Å². The maximum Gasteiger partial charge on any atom is 0.494 e. The van der Waals surface area contributed by atoms with Crippen molar-refractivity contribution < 1.29 is 18.6 Å². The van der Waals surface area contributed by atoms with E-state index in [1.165, 1.54) is 33.4 Å². The molecule has 0 aromatic heterocycles.